The second kappa shape index (κ2) is 5.84. The summed E-state index contributed by atoms with van der Waals surface area (Å²) in [6.07, 6.45) is 3.84. The molecule has 5 nitrogen and oxygen atoms in total. The Hall–Kier alpha value is -1.33. The van der Waals surface area contributed by atoms with Crippen LogP contribution in [-0.2, 0) is 27.2 Å². The molecule has 0 aliphatic heterocycles. The highest BCUT2D eigenvalue weighted by Crippen LogP contribution is 2.05. The molecule has 17 heavy (non-hydrogen) atoms. The average molecular weight is 256 g/mol. The second-order valence-corrected chi connectivity index (χ2v) is 3.98. The Bertz CT molecular complexity index is 454. The van der Waals surface area contributed by atoms with Crippen LogP contribution in [0.5, 0.6) is 0 Å². The zero-order valence-corrected chi connectivity index (χ0v) is 11.2. The van der Waals surface area contributed by atoms with Crippen molar-refractivity contribution in [3.8, 4) is 0 Å². The molecule has 0 atom stereocenters. The fraction of sp³-hybridized carbons (Fsp3) is 0.455. The van der Waals surface area contributed by atoms with Crippen LogP contribution in [0.3, 0.4) is 0 Å². The van der Waals surface area contributed by atoms with Gasteiger partial charge in [0.1, 0.15) is 0 Å². The van der Waals surface area contributed by atoms with E-state index in [2.05, 4.69) is 22.4 Å². The summed E-state index contributed by atoms with van der Waals surface area (Å²) < 4.78 is 3.72. The summed E-state index contributed by atoms with van der Waals surface area (Å²) in [5.41, 5.74) is 3.49. The van der Waals surface area contributed by atoms with E-state index in [0.29, 0.717) is 0 Å². The maximum atomic E-state index is 4.31. The van der Waals surface area contributed by atoms with Crippen LogP contribution >= 0.6 is 12.4 Å². The molecule has 0 aromatic carbocycles. The standard InChI is InChI=1S/C11H17N5.ClH/c1-9-6-13-16(3)11(9)8-12-7-10-4-5-15(2)14-10;/h4-6,12H,7-8H2,1-3H3;1H. The fourth-order valence-electron chi connectivity index (χ4n) is 1.69. The zero-order valence-electron chi connectivity index (χ0n) is 10.3. The highest BCUT2D eigenvalue weighted by Gasteiger charge is 2.04. The van der Waals surface area contributed by atoms with E-state index in [-0.39, 0.29) is 12.4 Å². The van der Waals surface area contributed by atoms with Crippen molar-refractivity contribution in [2.45, 2.75) is 20.0 Å². The van der Waals surface area contributed by atoms with Gasteiger partial charge in [-0.05, 0) is 18.6 Å². The van der Waals surface area contributed by atoms with Crippen molar-refractivity contribution in [2.24, 2.45) is 14.1 Å². The van der Waals surface area contributed by atoms with E-state index >= 15 is 0 Å². The molecule has 0 saturated carbocycles. The molecular weight excluding hydrogens is 238 g/mol. The average Bonchev–Trinajstić information content (AvgIpc) is 2.78. The van der Waals surface area contributed by atoms with Gasteiger partial charge in [0, 0.05) is 33.4 Å². The fourth-order valence-corrected chi connectivity index (χ4v) is 1.69. The Morgan fingerprint density at radius 1 is 1.29 bits per heavy atom. The van der Waals surface area contributed by atoms with Crippen LogP contribution in [0.15, 0.2) is 18.5 Å². The highest BCUT2D eigenvalue weighted by molar-refractivity contribution is 5.85. The topological polar surface area (TPSA) is 47.7 Å². The molecule has 94 valence electrons. The summed E-state index contributed by atoms with van der Waals surface area (Å²) >= 11 is 0. The number of rotatable bonds is 4. The first-order chi connectivity index (χ1) is 7.66. The van der Waals surface area contributed by atoms with Crippen molar-refractivity contribution in [3.63, 3.8) is 0 Å². The minimum atomic E-state index is 0. The van der Waals surface area contributed by atoms with E-state index in [0.717, 1.165) is 18.8 Å². The van der Waals surface area contributed by atoms with Gasteiger partial charge in [0.2, 0.25) is 0 Å². The third kappa shape index (κ3) is 3.31. The molecule has 2 heterocycles. The maximum absolute atomic E-state index is 4.31. The normalized spacial score (nSPS) is 10.3. The van der Waals surface area contributed by atoms with E-state index in [9.17, 15) is 0 Å². The monoisotopic (exact) mass is 255 g/mol. The van der Waals surface area contributed by atoms with Gasteiger partial charge < -0.3 is 5.32 Å². The number of aromatic nitrogens is 4. The van der Waals surface area contributed by atoms with Crippen molar-refractivity contribution in [1.29, 1.82) is 0 Å². The minimum Gasteiger partial charge on any atom is -0.305 e. The molecule has 0 aliphatic carbocycles. The molecule has 0 amide bonds. The molecule has 1 N–H and O–H groups in total. The van der Waals surface area contributed by atoms with E-state index in [1.807, 2.05) is 41.9 Å². The van der Waals surface area contributed by atoms with E-state index in [1.165, 1.54) is 11.3 Å². The molecule has 0 unspecified atom stereocenters. The number of hydrogen-bond acceptors (Lipinski definition) is 3. The molecule has 2 aromatic rings. The molecule has 6 heteroatoms. The smallest absolute Gasteiger partial charge is 0.0762 e. The Morgan fingerprint density at radius 3 is 2.59 bits per heavy atom. The number of aryl methyl sites for hydroxylation is 3. The van der Waals surface area contributed by atoms with Gasteiger partial charge in [0.15, 0.2) is 0 Å². The number of nitrogens with zero attached hydrogens (tertiary/aromatic N) is 4. The molecular formula is C11H18ClN5. The largest absolute Gasteiger partial charge is 0.305 e. The first kappa shape index (κ1) is 13.7. The summed E-state index contributed by atoms with van der Waals surface area (Å²) in [7, 11) is 3.89. The van der Waals surface area contributed by atoms with E-state index in [1.54, 1.807) is 0 Å². The van der Waals surface area contributed by atoms with Crippen molar-refractivity contribution in [3.05, 3.63) is 35.4 Å². The summed E-state index contributed by atoms with van der Waals surface area (Å²) in [5.74, 6) is 0. The Kier molecular flexibility index (Phi) is 4.72. The van der Waals surface area contributed by atoms with Crippen LogP contribution in [0.2, 0.25) is 0 Å². The quantitative estimate of drug-likeness (QED) is 0.892. The minimum absolute atomic E-state index is 0. The maximum Gasteiger partial charge on any atom is 0.0762 e. The number of halogens is 1. The van der Waals surface area contributed by atoms with Crippen molar-refractivity contribution in [2.75, 3.05) is 0 Å². The first-order valence-electron chi connectivity index (χ1n) is 5.33. The third-order valence-electron chi connectivity index (χ3n) is 2.64. The zero-order chi connectivity index (χ0) is 11.5. The van der Waals surface area contributed by atoms with Crippen LogP contribution in [0.25, 0.3) is 0 Å². The molecule has 0 aliphatic rings. The van der Waals surface area contributed by atoms with Gasteiger partial charge in [-0.15, -0.1) is 12.4 Å². The lowest BCUT2D eigenvalue weighted by molar-refractivity contribution is 0.610. The SMILES string of the molecule is Cc1cnn(C)c1CNCc1ccn(C)n1.Cl. The van der Waals surface area contributed by atoms with Crippen molar-refractivity contribution in [1.82, 2.24) is 24.9 Å². The molecule has 0 spiro atoms. The van der Waals surface area contributed by atoms with Crippen LogP contribution in [0, 0.1) is 6.92 Å². The number of nitrogens with one attached hydrogen (secondary N) is 1. The second-order valence-electron chi connectivity index (χ2n) is 3.98. The third-order valence-corrected chi connectivity index (χ3v) is 2.64. The van der Waals surface area contributed by atoms with Crippen molar-refractivity contribution >= 4 is 12.4 Å². The van der Waals surface area contributed by atoms with Gasteiger partial charge in [-0.3, -0.25) is 9.36 Å². The van der Waals surface area contributed by atoms with Crippen LogP contribution in [0.1, 0.15) is 17.0 Å². The lowest BCUT2D eigenvalue weighted by atomic mass is 10.2. The molecule has 0 radical (unpaired) electrons. The van der Waals surface area contributed by atoms with Crippen LogP contribution in [0.4, 0.5) is 0 Å². The molecule has 2 aromatic heterocycles. The van der Waals surface area contributed by atoms with Crippen LogP contribution < -0.4 is 5.32 Å². The van der Waals surface area contributed by atoms with Gasteiger partial charge in [-0.2, -0.15) is 10.2 Å². The van der Waals surface area contributed by atoms with Gasteiger partial charge in [-0.25, -0.2) is 0 Å². The Balaban J connectivity index is 0.00000144. The summed E-state index contributed by atoms with van der Waals surface area (Å²) in [6.45, 7) is 3.68. The van der Waals surface area contributed by atoms with Gasteiger partial charge in [-0.1, -0.05) is 0 Å². The molecule has 0 fully saturated rings. The van der Waals surface area contributed by atoms with Crippen LogP contribution in [-0.4, -0.2) is 19.6 Å². The highest BCUT2D eigenvalue weighted by atomic mass is 35.5. The Morgan fingerprint density at radius 2 is 2.06 bits per heavy atom. The predicted molar refractivity (Wildman–Crippen MR) is 68.9 cm³/mol. The summed E-state index contributed by atoms with van der Waals surface area (Å²) in [4.78, 5) is 0. The van der Waals surface area contributed by atoms with Gasteiger partial charge >= 0.3 is 0 Å². The van der Waals surface area contributed by atoms with E-state index < -0.39 is 0 Å². The summed E-state index contributed by atoms with van der Waals surface area (Å²) in [5, 5.41) is 11.9. The van der Waals surface area contributed by atoms with Crippen molar-refractivity contribution < 1.29 is 0 Å². The molecule has 0 saturated heterocycles. The molecule has 2 rings (SSSR count). The van der Waals surface area contributed by atoms with Gasteiger partial charge in [0.25, 0.3) is 0 Å². The summed E-state index contributed by atoms with van der Waals surface area (Å²) in [6, 6.07) is 2.02. The lowest BCUT2D eigenvalue weighted by Crippen LogP contribution is -2.16. The number of hydrogen-bond donors (Lipinski definition) is 1. The Labute approximate surface area is 107 Å². The van der Waals surface area contributed by atoms with Gasteiger partial charge in [0.05, 0.1) is 17.6 Å². The van der Waals surface area contributed by atoms with E-state index in [4.69, 9.17) is 0 Å². The lowest BCUT2D eigenvalue weighted by Gasteiger charge is -2.04. The molecule has 0 bridgehead atoms. The first-order valence-corrected chi connectivity index (χ1v) is 5.33. The predicted octanol–water partition coefficient (Wildman–Crippen LogP) is 1.17.